The minimum atomic E-state index is -1.38. The van der Waals surface area contributed by atoms with Crippen molar-refractivity contribution in [1.29, 1.82) is 0 Å². The molecule has 0 saturated carbocycles. The molecule has 0 aliphatic heterocycles. The minimum Gasteiger partial charge on any atom is -0.479 e. The van der Waals surface area contributed by atoms with Crippen LogP contribution in [-0.4, -0.2) is 25.8 Å². The van der Waals surface area contributed by atoms with E-state index in [-0.39, 0.29) is 22.8 Å². The summed E-state index contributed by atoms with van der Waals surface area (Å²) in [6, 6.07) is 14.0. The second-order valence-electron chi connectivity index (χ2n) is 9.89. The van der Waals surface area contributed by atoms with Gasteiger partial charge < -0.3 is 19.0 Å². The molecule has 8 heteroatoms. The Bertz CT molecular complexity index is 1510. The van der Waals surface area contributed by atoms with E-state index >= 15 is 0 Å². The van der Waals surface area contributed by atoms with Gasteiger partial charge in [-0.25, -0.2) is 9.18 Å². The van der Waals surface area contributed by atoms with E-state index in [1.54, 1.807) is 50.7 Å². The van der Waals surface area contributed by atoms with Gasteiger partial charge in [0.2, 0.25) is 0 Å². The first kappa shape index (κ1) is 25.7. The maximum Gasteiger partial charge on any atom is 0.339 e. The fourth-order valence-corrected chi connectivity index (χ4v) is 4.48. The topological polar surface area (TPSA) is 73.5 Å². The highest BCUT2D eigenvalue weighted by molar-refractivity contribution is 6.30. The second-order valence-corrected chi connectivity index (χ2v) is 10.3. The van der Waals surface area contributed by atoms with E-state index < -0.39 is 23.5 Å². The fourth-order valence-electron chi connectivity index (χ4n) is 4.36. The molecule has 0 radical (unpaired) electrons. The maximum atomic E-state index is 14.1. The lowest BCUT2D eigenvalue weighted by Crippen LogP contribution is -2.33. The molecule has 2 heterocycles. The summed E-state index contributed by atoms with van der Waals surface area (Å²) in [5, 5.41) is 10.8. The number of aliphatic carboxylic acids is 1. The zero-order valence-electron chi connectivity index (χ0n) is 20.8. The molecule has 1 unspecified atom stereocenters. The number of carbonyl (C=O) groups is 1. The van der Waals surface area contributed by atoms with Crippen LogP contribution in [0.1, 0.15) is 43.7 Å². The molecular formula is C28H28ClFN2O4. The predicted molar refractivity (Wildman–Crippen MR) is 139 cm³/mol. The van der Waals surface area contributed by atoms with Gasteiger partial charge in [0.25, 0.3) is 5.56 Å². The third-order valence-electron chi connectivity index (χ3n) is 5.98. The van der Waals surface area contributed by atoms with Gasteiger partial charge in [-0.05, 0) is 57.0 Å². The summed E-state index contributed by atoms with van der Waals surface area (Å²) in [5.41, 5.74) is 2.53. The van der Waals surface area contributed by atoms with Gasteiger partial charge in [-0.1, -0.05) is 47.5 Å². The van der Waals surface area contributed by atoms with Crippen molar-refractivity contribution in [2.24, 2.45) is 7.05 Å². The van der Waals surface area contributed by atoms with E-state index in [0.717, 1.165) is 11.1 Å². The van der Waals surface area contributed by atoms with Crippen LogP contribution in [0.4, 0.5) is 4.39 Å². The molecule has 0 bridgehead atoms. The Balaban J connectivity index is 2.02. The first-order chi connectivity index (χ1) is 16.9. The number of carboxylic acid groups (broad SMARTS) is 1. The molecule has 0 aliphatic carbocycles. The number of fused-ring (bicyclic) bond motifs is 1. The molecule has 2 aromatic heterocycles. The number of hydrogen-bond donors (Lipinski definition) is 1. The van der Waals surface area contributed by atoms with E-state index in [2.05, 4.69) is 0 Å². The summed E-state index contributed by atoms with van der Waals surface area (Å²) < 4.78 is 23.1. The van der Waals surface area contributed by atoms with Crippen molar-refractivity contribution in [3.05, 3.63) is 92.7 Å². The quantitative estimate of drug-likeness (QED) is 0.340. The number of carboxylic acids is 1. The summed E-state index contributed by atoms with van der Waals surface area (Å²) in [7, 11) is 1.55. The number of nitrogens with zero attached hydrogens (tertiary/aromatic N) is 2. The van der Waals surface area contributed by atoms with E-state index in [0.29, 0.717) is 22.0 Å². The van der Waals surface area contributed by atoms with E-state index in [1.165, 1.54) is 16.7 Å². The van der Waals surface area contributed by atoms with Gasteiger partial charge in [-0.15, -0.1) is 0 Å². The van der Waals surface area contributed by atoms with Crippen molar-refractivity contribution >= 4 is 28.5 Å². The SMILES string of the molecule is Cc1ccc(-c2c(C(OC(C)(C)C)C(=O)O)n(C)c(=O)c3c2ccn3Cc2ccc(Cl)c(F)c2)cc1. The molecule has 0 spiro atoms. The first-order valence-corrected chi connectivity index (χ1v) is 11.9. The third kappa shape index (κ3) is 4.94. The highest BCUT2D eigenvalue weighted by Gasteiger charge is 2.33. The molecule has 0 fully saturated rings. The Kier molecular flexibility index (Phi) is 6.82. The summed E-state index contributed by atoms with van der Waals surface area (Å²) in [6.07, 6.45) is 0.373. The molecule has 0 amide bonds. The highest BCUT2D eigenvalue weighted by atomic mass is 35.5. The Labute approximate surface area is 213 Å². The van der Waals surface area contributed by atoms with Gasteiger partial charge in [0, 0.05) is 30.7 Å². The smallest absolute Gasteiger partial charge is 0.339 e. The molecule has 4 rings (SSSR count). The number of pyridine rings is 1. The monoisotopic (exact) mass is 510 g/mol. The molecular weight excluding hydrogens is 483 g/mol. The van der Waals surface area contributed by atoms with Crippen LogP contribution in [0.2, 0.25) is 5.02 Å². The van der Waals surface area contributed by atoms with Crippen LogP contribution in [0.15, 0.2) is 59.5 Å². The first-order valence-electron chi connectivity index (χ1n) is 11.5. The Hall–Kier alpha value is -3.42. The molecule has 4 aromatic rings. The summed E-state index contributed by atoms with van der Waals surface area (Å²) >= 11 is 5.83. The summed E-state index contributed by atoms with van der Waals surface area (Å²) in [4.78, 5) is 26.1. The Morgan fingerprint density at radius 2 is 1.81 bits per heavy atom. The zero-order valence-corrected chi connectivity index (χ0v) is 21.6. The lowest BCUT2D eigenvalue weighted by atomic mass is 9.95. The molecule has 6 nitrogen and oxygen atoms in total. The number of ether oxygens (including phenoxy) is 1. The van der Waals surface area contributed by atoms with Gasteiger partial charge in [0.05, 0.1) is 16.3 Å². The van der Waals surface area contributed by atoms with E-state index in [1.807, 2.05) is 31.2 Å². The average molecular weight is 511 g/mol. The van der Waals surface area contributed by atoms with Crippen molar-refractivity contribution < 1.29 is 19.0 Å². The molecule has 188 valence electrons. The van der Waals surface area contributed by atoms with E-state index in [4.69, 9.17) is 16.3 Å². The van der Waals surface area contributed by atoms with Gasteiger partial charge in [-0.2, -0.15) is 0 Å². The van der Waals surface area contributed by atoms with Crippen LogP contribution in [0, 0.1) is 12.7 Å². The lowest BCUT2D eigenvalue weighted by Gasteiger charge is -2.28. The van der Waals surface area contributed by atoms with Gasteiger partial charge in [-0.3, -0.25) is 4.79 Å². The van der Waals surface area contributed by atoms with Crippen molar-refractivity contribution in [1.82, 2.24) is 9.13 Å². The molecule has 0 saturated heterocycles. The molecule has 36 heavy (non-hydrogen) atoms. The average Bonchev–Trinajstić information content (AvgIpc) is 3.20. The summed E-state index contributed by atoms with van der Waals surface area (Å²) in [6.45, 7) is 7.51. The number of aromatic nitrogens is 2. The second kappa shape index (κ2) is 9.56. The minimum absolute atomic E-state index is 0.0249. The van der Waals surface area contributed by atoms with Crippen LogP contribution < -0.4 is 5.56 Å². The number of aryl methyl sites for hydroxylation is 1. The Morgan fingerprint density at radius 3 is 2.39 bits per heavy atom. The lowest BCUT2D eigenvalue weighted by molar-refractivity contribution is -0.161. The van der Waals surface area contributed by atoms with Crippen LogP contribution >= 0.6 is 11.6 Å². The number of hydrogen-bond acceptors (Lipinski definition) is 3. The Morgan fingerprint density at radius 1 is 1.14 bits per heavy atom. The molecule has 0 aliphatic rings. The van der Waals surface area contributed by atoms with Crippen molar-refractivity contribution in [2.75, 3.05) is 0 Å². The fraction of sp³-hybridized carbons (Fsp3) is 0.286. The molecule has 1 atom stereocenters. The van der Waals surface area contributed by atoms with Crippen LogP contribution in [0.3, 0.4) is 0 Å². The number of benzene rings is 2. The summed E-state index contributed by atoms with van der Waals surface area (Å²) in [5.74, 6) is -1.73. The van der Waals surface area contributed by atoms with E-state index in [9.17, 15) is 19.1 Å². The normalized spacial score (nSPS) is 12.8. The maximum absolute atomic E-state index is 14.1. The predicted octanol–water partition coefficient (Wildman–Crippen LogP) is 6.10. The number of rotatable bonds is 6. The molecule has 2 aromatic carbocycles. The van der Waals surface area contributed by atoms with Crippen molar-refractivity contribution in [3.8, 4) is 11.1 Å². The van der Waals surface area contributed by atoms with Crippen molar-refractivity contribution in [3.63, 3.8) is 0 Å². The van der Waals surface area contributed by atoms with Gasteiger partial charge in [0.1, 0.15) is 11.3 Å². The van der Waals surface area contributed by atoms with Crippen molar-refractivity contribution in [2.45, 2.75) is 45.9 Å². The third-order valence-corrected chi connectivity index (χ3v) is 6.29. The number of halogens is 2. The zero-order chi connectivity index (χ0) is 26.4. The van der Waals surface area contributed by atoms with Gasteiger partial charge >= 0.3 is 5.97 Å². The highest BCUT2D eigenvalue weighted by Crippen LogP contribution is 2.37. The largest absolute Gasteiger partial charge is 0.479 e. The van der Waals surface area contributed by atoms with Crippen LogP contribution in [-0.2, 0) is 23.1 Å². The van der Waals surface area contributed by atoms with Gasteiger partial charge in [0.15, 0.2) is 6.10 Å². The standard InChI is InChI=1S/C28H28ClFN2O4/c1-16-6-9-18(10-7-16)22-19-12-13-32(15-17-8-11-20(29)21(30)14-17)23(19)26(33)31(5)24(22)25(27(34)35)36-28(2,3)4/h6-14,25H,15H2,1-5H3,(H,34,35). The van der Waals surface area contributed by atoms with Crippen LogP contribution in [0.5, 0.6) is 0 Å². The molecule has 1 N–H and O–H groups in total. The van der Waals surface area contributed by atoms with Crippen LogP contribution in [0.25, 0.3) is 22.0 Å².